The third kappa shape index (κ3) is 5.36. The molecule has 2 aromatic carbocycles. The molecule has 0 saturated heterocycles. The van der Waals surface area contributed by atoms with E-state index in [0.29, 0.717) is 11.4 Å². The van der Waals surface area contributed by atoms with E-state index in [-0.39, 0.29) is 17.3 Å². The minimum absolute atomic E-state index is 0.107. The van der Waals surface area contributed by atoms with Crippen molar-refractivity contribution in [2.24, 2.45) is 0 Å². The van der Waals surface area contributed by atoms with Crippen LogP contribution in [0, 0.1) is 6.92 Å². The molecule has 0 bridgehead atoms. The Morgan fingerprint density at radius 3 is 2.50 bits per heavy atom. The molecule has 0 aliphatic carbocycles. The number of aromatic carboxylic acids is 1. The van der Waals surface area contributed by atoms with Gasteiger partial charge in [0.1, 0.15) is 5.75 Å². The zero-order valence-electron chi connectivity index (χ0n) is 12.9. The van der Waals surface area contributed by atoms with Crippen molar-refractivity contribution in [2.45, 2.75) is 6.92 Å². The van der Waals surface area contributed by atoms with Crippen LogP contribution >= 0.6 is 12.2 Å². The predicted octanol–water partition coefficient (Wildman–Crippen LogP) is 2.59. The van der Waals surface area contributed by atoms with E-state index in [1.54, 1.807) is 18.2 Å². The maximum absolute atomic E-state index is 11.8. The molecule has 0 atom stereocenters. The van der Waals surface area contributed by atoms with Gasteiger partial charge in [-0.3, -0.25) is 10.1 Å². The fourth-order valence-electron chi connectivity index (χ4n) is 1.88. The highest BCUT2D eigenvalue weighted by atomic mass is 32.1. The molecular formula is C17H16N2O4S. The topological polar surface area (TPSA) is 87.7 Å². The fraction of sp³-hybridized carbons (Fsp3) is 0.118. The quantitative estimate of drug-likeness (QED) is 0.723. The molecule has 0 saturated carbocycles. The van der Waals surface area contributed by atoms with Gasteiger partial charge in [0.15, 0.2) is 11.7 Å². The van der Waals surface area contributed by atoms with Gasteiger partial charge in [0.25, 0.3) is 5.91 Å². The number of aryl methyl sites for hydroxylation is 1. The minimum atomic E-state index is -1.01. The first kappa shape index (κ1) is 17.4. The summed E-state index contributed by atoms with van der Waals surface area (Å²) >= 11 is 5.03. The Morgan fingerprint density at radius 1 is 1.17 bits per heavy atom. The number of carbonyl (C=O) groups is 2. The summed E-state index contributed by atoms with van der Waals surface area (Å²) in [5.74, 6) is -0.796. The van der Waals surface area contributed by atoms with E-state index in [1.807, 2.05) is 25.1 Å². The smallest absolute Gasteiger partial charge is 0.335 e. The van der Waals surface area contributed by atoms with E-state index in [9.17, 15) is 9.59 Å². The van der Waals surface area contributed by atoms with E-state index in [4.69, 9.17) is 22.1 Å². The van der Waals surface area contributed by atoms with Crippen LogP contribution in [-0.2, 0) is 4.79 Å². The molecule has 2 aromatic rings. The Morgan fingerprint density at radius 2 is 1.88 bits per heavy atom. The molecule has 6 nitrogen and oxygen atoms in total. The van der Waals surface area contributed by atoms with Crippen LogP contribution in [0.3, 0.4) is 0 Å². The molecule has 1 amide bonds. The van der Waals surface area contributed by atoms with Crippen LogP contribution in [0.1, 0.15) is 15.9 Å². The molecular weight excluding hydrogens is 328 g/mol. The molecule has 0 unspecified atom stereocenters. The second-order valence-corrected chi connectivity index (χ2v) is 5.40. The number of carboxylic acids is 1. The van der Waals surface area contributed by atoms with Crippen LogP contribution in [0.5, 0.6) is 5.75 Å². The van der Waals surface area contributed by atoms with Crippen LogP contribution in [0.15, 0.2) is 48.5 Å². The van der Waals surface area contributed by atoms with Crippen LogP contribution < -0.4 is 15.4 Å². The van der Waals surface area contributed by atoms with Gasteiger partial charge in [-0.2, -0.15) is 0 Å². The lowest BCUT2D eigenvalue weighted by Crippen LogP contribution is -2.37. The van der Waals surface area contributed by atoms with Gasteiger partial charge in [0, 0.05) is 5.69 Å². The third-order valence-corrected chi connectivity index (χ3v) is 3.21. The molecule has 0 aromatic heterocycles. The van der Waals surface area contributed by atoms with Crippen molar-refractivity contribution in [3.8, 4) is 5.75 Å². The maximum atomic E-state index is 11.8. The highest BCUT2D eigenvalue weighted by Gasteiger charge is 2.07. The van der Waals surface area contributed by atoms with E-state index >= 15 is 0 Å². The third-order valence-electron chi connectivity index (χ3n) is 3.00. The van der Waals surface area contributed by atoms with Gasteiger partial charge in [-0.1, -0.05) is 12.1 Å². The second kappa shape index (κ2) is 8.07. The number of ether oxygens (including phenoxy) is 1. The Bertz CT molecular complexity index is 759. The average Bonchev–Trinajstić information content (AvgIpc) is 2.53. The summed E-state index contributed by atoms with van der Waals surface area (Å²) < 4.78 is 5.38. The van der Waals surface area contributed by atoms with Crippen molar-refractivity contribution in [2.75, 3.05) is 11.9 Å². The van der Waals surface area contributed by atoms with Crippen molar-refractivity contribution < 1.29 is 19.4 Å². The fourth-order valence-corrected chi connectivity index (χ4v) is 2.11. The first-order chi connectivity index (χ1) is 11.4. The van der Waals surface area contributed by atoms with Crippen molar-refractivity contribution in [1.82, 2.24) is 5.32 Å². The predicted molar refractivity (Wildman–Crippen MR) is 94.4 cm³/mol. The van der Waals surface area contributed by atoms with Crippen molar-refractivity contribution in [3.63, 3.8) is 0 Å². The molecule has 24 heavy (non-hydrogen) atoms. The first-order valence-corrected chi connectivity index (χ1v) is 7.48. The van der Waals surface area contributed by atoms with Gasteiger partial charge in [0.2, 0.25) is 0 Å². The second-order valence-electron chi connectivity index (χ2n) is 4.99. The number of rotatable bonds is 5. The van der Waals surface area contributed by atoms with Crippen molar-refractivity contribution in [3.05, 3.63) is 59.7 Å². The molecule has 0 spiro atoms. The Labute approximate surface area is 144 Å². The van der Waals surface area contributed by atoms with Gasteiger partial charge < -0.3 is 15.2 Å². The summed E-state index contributed by atoms with van der Waals surface area (Å²) in [5, 5.41) is 14.2. The van der Waals surface area contributed by atoms with Gasteiger partial charge >= 0.3 is 5.97 Å². The molecule has 124 valence electrons. The molecule has 2 rings (SSSR count). The van der Waals surface area contributed by atoms with Crippen LogP contribution in [-0.4, -0.2) is 28.7 Å². The van der Waals surface area contributed by atoms with Crippen LogP contribution in [0.25, 0.3) is 0 Å². The lowest BCUT2D eigenvalue weighted by Gasteiger charge is -2.10. The number of benzene rings is 2. The Balaban J connectivity index is 1.81. The van der Waals surface area contributed by atoms with E-state index in [1.165, 1.54) is 12.1 Å². The normalized spacial score (nSPS) is 9.88. The Kier molecular flexibility index (Phi) is 5.86. The molecule has 7 heteroatoms. The lowest BCUT2D eigenvalue weighted by atomic mass is 10.2. The molecule has 0 radical (unpaired) electrons. The van der Waals surface area contributed by atoms with Gasteiger partial charge in [-0.05, 0) is 61.1 Å². The maximum Gasteiger partial charge on any atom is 0.335 e. The van der Waals surface area contributed by atoms with E-state index < -0.39 is 11.9 Å². The number of thiocarbonyl (C=S) groups is 1. The summed E-state index contributed by atoms with van der Waals surface area (Å²) in [6.07, 6.45) is 0. The summed E-state index contributed by atoms with van der Waals surface area (Å²) in [6, 6.07) is 13.4. The number of amides is 1. The molecule has 0 fully saturated rings. The van der Waals surface area contributed by atoms with Gasteiger partial charge in [-0.25, -0.2) is 4.79 Å². The van der Waals surface area contributed by atoms with Gasteiger partial charge in [0.05, 0.1) is 5.56 Å². The monoisotopic (exact) mass is 344 g/mol. The molecule has 0 aliphatic heterocycles. The number of hydrogen-bond donors (Lipinski definition) is 3. The summed E-state index contributed by atoms with van der Waals surface area (Å²) in [5.41, 5.74) is 1.78. The van der Waals surface area contributed by atoms with Crippen LogP contribution in [0.4, 0.5) is 5.69 Å². The molecule has 0 heterocycles. The number of anilines is 1. The highest BCUT2D eigenvalue weighted by molar-refractivity contribution is 7.80. The van der Waals surface area contributed by atoms with Crippen molar-refractivity contribution >= 4 is 34.9 Å². The summed E-state index contributed by atoms with van der Waals surface area (Å²) in [7, 11) is 0. The zero-order valence-corrected chi connectivity index (χ0v) is 13.7. The Hall–Kier alpha value is -2.93. The highest BCUT2D eigenvalue weighted by Crippen LogP contribution is 2.12. The number of carboxylic acid groups (broad SMARTS) is 1. The van der Waals surface area contributed by atoms with Crippen molar-refractivity contribution in [1.29, 1.82) is 0 Å². The first-order valence-electron chi connectivity index (χ1n) is 7.08. The lowest BCUT2D eigenvalue weighted by molar-refractivity contribution is -0.121. The van der Waals surface area contributed by atoms with Gasteiger partial charge in [-0.15, -0.1) is 0 Å². The minimum Gasteiger partial charge on any atom is -0.484 e. The number of carbonyl (C=O) groups excluding carboxylic acids is 1. The molecule has 3 N–H and O–H groups in total. The SMILES string of the molecule is Cc1cccc(OCC(=O)NC(=S)Nc2ccc(C(=O)O)cc2)c1. The molecule has 0 aliphatic rings. The van der Waals surface area contributed by atoms with E-state index in [2.05, 4.69) is 10.6 Å². The summed E-state index contributed by atoms with van der Waals surface area (Å²) in [4.78, 5) is 22.6. The van der Waals surface area contributed by atoms with Crippen LogP contribution in [0.2, 0.25) is 0 Å². The number of nitrogens with one attached hydrogen (secondary N) is 2. The average molecular weight is 344 g/mol. The standard InChI is InChI=1S/C17H16N2O4S/c1-11-3-2-4-14(9-11)23-10-15(20)19-17(24)18-13-7-5-12(6-8-13)16(21)22/h2-9H,10H2,1H3,(H,21,22)(H2,18,19,20,24). The zero-order chi connectivity index (χ0) is 17.5. The van der Waals surface area contributed by atoms with E-state index in [0.717, 1.165) is 5.56 Å². The summed E-state index contributed by atoms with van der Waals surface area (Å²) in [6.45, 7) is 1.77. The number of hydrogen-bond acceptors (Lipinski definition) is 4. The largest absolute Gasteiger partial charge is 0.484 e.